The Morgan fingerprint density at radius 1 is 1.21 bits per heavy atom. The lowest BCUT2D eigenvalue weighted by Gasteiger charge is -2.25. The van der Waals surface area contributed by atoms with Gasteiger partial charge in [-0.05, 0) is 51.0 Å². The first-order valence-electron chi connectivity index (χ1n) is 9.48. The van der Waals surface area contributed by atoms with Crippen LogP contribution in [0, 0.1) is 6.92 Å². The molecule has 1 N–H and O–H groups in total. The predicted molar refractivity (Wildman–Crippen MR) is 104 cm³/mol. The fraction of sp³-hybridized carbons (Fsp3) is 0.526. The Balaban J connectivity index is 1.61. The molecule has 1 amide bonds. The summed E-state index contributed by atoms with van der Waals surface area (Å²) < 4.78 is 42.6. The van der Waals surface area contributed by atoms with Crippen molar-refractivity contribution >= 4 is 23.4 Å². The number of alkyl halides is 3. The molecule has 1 aliphatic rings. The number of nitrogens with one attached hydrogen (secondary N) is 1. The summed E-state index contributed by atoms with van der Waals surface area (Å²) in [5.41, 5.74) is 0.391. The Morgan fingerprint density at radius 2 is 1.86 bits per heavy atom. The number of hydrogen-bond donors (Lipinski definition) is 1. The molecule has 0 bridgehead atoms. The SMILES string of the molecule is Cc1nnc(S[C@@H](C)C(=O)Nc2ccc(OC(F)(F)F)cc2)n1C1CCCCC1. The minimum absolute atomic E-state index is 0.268. The summed E-state index contributed by atoms with van der Waals surface area (Å²) in [5, 5.41) is 11.4. The summed E-state index contributed by atoms with van der Waals surface area (Å²) in [5.74, 6) is 0.233. The average Bonchev–Trinajstić information content (AvgIpc) is 3.03. The van der Waals surface area contributed by atoms with E-state index in [0.717, 1.165) is 30.8 Å². The molecule has 0 spiro atoms. The summed E-state index contributed by atoms with van der Waals surface area (Å²) in [6.45, 7) is 3.68. The van der Waals surface area contributed by atoms with Crippen LogP contribution in [0.1, 0.15) is 50.9 Å². The van der Waals surface area contributed by atoms with Crippen LogP contribution in [-0.4, -0.2) is 32.3 Å². The first kappa shape index (κ1) is 21.5. The van der Waals surface area contributed by atoms with E-state index in [2.05, 4.69) is 24.8 Å². The molecule has 0 saturated heterocycles. The second-order valence-corrected chi connectivity index (χ2v) is 8.32. The second kappa shape index (κ2) is 9.06. The van der Waals surface area contributed by atoms with Crippen LogP contribution in [-0.2, 0) is 4.79 Å². The highest BCUT2D eigenvalue weighted by Gasteiger charge is 2.31. The van der Waals surface area contributed by atoms with Crippen LogP contribution < -0.4 is 10.1 Å². The second-order valence-electron chi connectivity index (χ2n) is 7.01. The summed E-state index contributed by atoms with van der Waals surface area (Å²) in [6.07, 6.45) is 1.01. The number of benzene rings is 1. The zero-order valence-electron chi connectivity index (χ0n) is 16.2. The molecule has 1 aromatic carbocycles. The number of thioether (sulfide) groups is 1. The molecule has 1 fully saturated rings. The summed E-state index contributed by atoms with van der Waals surface area (Å²) in [4.78, 5) is 12.5. The van der Waals surface area contributed by atoms with Crippen LogP contribution in [0.5, 0.6) is 5.75 Å². The van der Waals surface area contributed by atoms with E-state index in [4.69, 9.17) is 0 Å². The minimum atomic E-state index is -4.75. The van der Waals surface area contributed by atoms with Gasteiger partial charge in [-0.1, -0.05) is 31.0 Å². The fourth-order valence-electron chi connectivity index (χ4n) is 3.39. The lowest BCUT2D eigenvalue weighted by atomic mass is 9.95. The third-order valence-electron chi connectivity index (χ3n) is 4.78. The number of carbonyl (C=O) groups excluding carboxylic acids is 1. The smallest absolute Gasteiger partial charge is 0.406 e. The van der Waals surface area contributed by atoms with Crippen molar-refractivity contribution in [3.8, 4) is 5.75 Å². The number of hydrogen-bond acceptors (Lipinski definition) is 5. The third kappa shape index (κ3) is 5.88. The van der Waals surface area contributed by atoms with Gasteiger partial charge in [0.15, 0.2) is 5.16 Å². The van der Waals surface area contributed by atoms with Gasteiger partial charge in [-0.2, -0.15) is 0 Å². The van der Waals surface area contributed by atoms with Gasteiger partial charge in [0.1, 0.15) is 11.6 Å². The molecule has 29 heavy (non-hydrogen) atoms. The van der Waals surface area contributed by atoms with Crippen molar-refractivity contribution < 1.29 is 22.7 Å². The summed E-state index contributed by atoms with van der Waals surface area (Å²) >= 11 is 1.33. The van der Waals surface area contributed by atoms with E-state index >= 15 is 0 Å². The van der Waals surface area contributed by atoms with Crippen molar-refractivity contribution in [3.05, 3.63) is 30.1 Å². The average molecular weight is 428 g/mol. The first-order chi connectivity index (χ1) is 13.7. The van der Waals surface area contributed by atoms with Gasteiger partial charge in [-0.25, -0.2) is 0 Å². The number of amides is 1. The lowest BCUT2D eigenvalue weighted by molar-refractivity contribution is -0.274. The van der Waals surface area contributed by atoms with Crippen molar-refractivity contribution in [2.75, 3.05) is 5.32 Å². The number of ether oxygens (including phenoxy) is 1. The van der Waals surface area contributed by atoms with Crippen molar-refractivity contribution in [3.63, 3.8) is 0 Å². The van der Waals surface area contributed by atoms with Gasteiger partial charge in [-0.15, -0.1) is 23.4 Å². The molecule has 0 radical (unpaired) electrons. The quantitative estimate of drug-likeness (QED) is 0.648. The van der Waals surface area contributed by atoms with Crippen molar-refractivity contribution in [2.24, 2.45) is 0 Å². The number of nitrogens with zero attached hydrogens (tertiary/aromatic N) is 3. The Bertz CT molecular complexity index is 833. The maximum Gasteiger partial charge on any atom is 0.573 e. The molecular formula is C19H23F3N4O2S. The molecule has 158 valence electrons. The van der Waals surface area contributed by atoms with E-state index in [1.165, 1.54) is 43.2 Å². The van der Waals surface area contributed by atoms with E-state index in [-0.39, 0.29) is 11.7 Å². The lowest BCUT2D eigenvalue weighted by Crippen LogP contribution is -2.23. The largest absolute Gasteiger partial charge is 0.573 e. The monoisotopic (exact) mass is 428 g/mol. The molecule has 1 saturated carbocycles. The molecule has 1 aliphatic carbocycles. The van der Waals surface area contributed by atoms with Crippen molar-refractivity contribution in [2.45, 2.75) is 68.8 Å². The Labute approximate surface area is 171 Å². The highest BCUT2D eigenvalue weighted by Crippen LogP contribution is 2.34. The predicted octanol–water partition coefficient (Wildman–Crippen LogP) is 5.11. The van der Waals surface area contributed by atoms with Crippen molar-refractivity contribution in [1.82, 2.24) is 14.8 Å². The topological polar surface area (TPSA) is 69.0 Å². The highest BCUT2D eigenvalue weighted by atomic mass is 32.2. The van der Waals surface area contributed by atoms with E-state index in [1.807, 2.05) is 6.92 Å². The number of anilines is 1. The maximum absolute atomic E-state index is 12.5. The molecule has 0 aliphatic heterocycles. The molecule has 1 heterocycles. The van der Waals surface area contributed by atoms with E-state index in [0.29, 0.717) is 16.9 Å². The van der Waals surface area contributed by atoms with Gasteiger partial charge in [-0.3, -0.25) is 4.79 Å². The van der Waals surface area contributed by atoms with Gasteiger partial charge in [0, 0.05) is 11.7 Å². The van der Waals surface area contributed by atoms with E-state index in [1.54, 1.807) is 6.92 Å². The molecule has 3 rings (SSSR count). The number of halogens is 3. The molecule has 10 heteroatoms. The number of aromatic nitrogens is 3. The third-order valence-corrected chi connectivity index (χ3v) is 5.84. The van der Waals surface area contributed by atoms with Gasteiger partial charge >= 0.3 is 6.36 Å². The molecule has 1 atom stereocenters. The van der Waals surface area contributed by atoms with Crippen molar-refractivity contribution in [1.29, 1.82) is 0 Å². The van der Waals surface area contributed by atoms with Crippen LogP contribution in [0.4, 0.5) is 18.9 Å². The number of rotatable bonds is 6. The maximum atomic E-state index is 12.5. The number of carbonyl (C=O) groups is 1. The summed E-state index contributed by atoms with van der Waals surface area (Å²) in [7, 11) is 0. The molecule has 0 unspecified atom stereocenters. The zero-order valence-corrected chi connectivity index (χ0v) is 17.0. The standard InChI is InChI=1S/C19H23F3N4O2S/c1-12(17(27)23-14-8-10-16(11-9-14)28-19(20,21)22)29-18-25-24-13(2)26(18)15-6-4-3-5-7-15/h8-12,15H,3-7H2,1-2H3,(H,23,27)/t12-/m0/s1. The van der Waals surface area contributed by atoms with Crippen LogP contribution in [0.2, 0.25) is 0 Å². The molecule has 1 aromatic heterocycles. The van der Waals surface area contributed by atoms with Crippen LogP contribution in [0.15, 0.2) is 29.4 Å². The fourth-order valence-corrected chi connectivity index (χ4v) is 4.35. The highest BCUT2D eigenvalue weighted by molar-refractivity contribution is 8.00. The molecular weight excluding hydrogens is 405 g/mol. The van der Waals surface area contributed by atoms with Gasteiger partial charge < -0.3 is 14.6 Å². The van der Waals surface area contributed by atoms with Gasteiger partial charge in [0.05, 0.1) is 5.25 Å². The molecule has 6 nitrogen and oxygen atoms in total. The Hall–Kier alpha value is -2.23. The molecule has 2 aromatic rings. The Kier molecular flexibility index (Phi) is 6.71. The van der Waals surface area contributed by atoms with Gasteiger partial charge in [0.2, 0.25) is 5.91 Å². The van der Waals surface area contributed by atoms with Crippen LogP contribution in [0.25, 0.3) is 0 Å². The van der Waals surface area contributed by atoms with Crippen LogP contribution in [0.3, 0.4) is 0 Å². The van der Waals surface area contributed by atoms with E-state index in [9.17, 15) is 18.0 Å². The zero-order chi connectivity index (χ0) is 21.0. The Morgan fingerprint density at radius 3 is 2.48 bits per heavy atom. The normalized spacial score (nSPS) is 16.4. The van der Waals surface area contributed by atoms with Gasteiger partial charge in [0.25, 0.3) is 0 Å². The first-order valence-corrected chi connectivity index (χ1v) is 10.4. The minimum Gasteiger partial charge on any atom is -0.406 e. The van der Waals surface area contributed by atoms with Crippen LogP contribution >= 0.6 is 11.8 Å². The summed E-state index contributed by atoms with van der Waals surface area (Å²) in [6, 6.07) is 5.40. The van der Waals surface area contributed by atoms with E-state index < -0.39 is 11.6 Å². The number of aryl methyl sites for hydroxylation is 1.